The molecule has 12 nitrogen and oxygen atoms in total. The smallest absolute Gasteiger partial charge is 0.338 e. The van der Waals surface area contributed by atoms with Gasteiger partial charge in [-0.2, -0.15) is 0 Å². The molecule has 12 heteroatoms. The zero-order chi connectivity index (χ0) is 36.7. The van der Waals surface area contributed by atoms with Crippen molar-refractivity contribution in [2.45, 2.75) is 108 Å². The fourth-order valence-electron chi connectivity index (χ4n) is 9.76. The average Bonchev–Trinajstić information content (AvgIpc) is 3.07. The summed E-state index contributed by atoms with van der Waals surface area (Å²) in [6.07, 6.45) is -7.15. The SMILES string of the molecule is COc1ccc([C@@H]2O[C@H]3C[C@H]4OC[C@@]4(OC(C)=O)[C@H]4[C@H](OC(=O)c5ccccc5)[C@]5(O)C[C@H](O)C(C)=C([C@H](OC(C)=O)[C@H](O2)[C@]34C)C5(C)C)cc1. The predicted molar refractivity (Wildman–Crippen MR) is 179 cm³/mol. The van der Waals surface area contributed by atoms with Crippen LogP contribution in [0.2, 0.25) is 0 Å². The number of carbonyl (C=O) groups excluding carboxylic acids is 3. The van der Waals surface area contributed by atoms with Gasteiger partial charge in [0.2, 0.25) is 0 Å². The summed E-state index contributed by atoms with van der Waals surface area (Å²) in [5.41, 5.74) is -4.11. The molecule has 2 N–H and O–H groups in total. The normalized spacial score (nSPS) is 39.2. The Bertz CT molecular complexity index is 1740. The zero-order valence-electron chi connectivity index (χ0n) is 29.9. The van der Waals surface area contributed by atoms with Crippen LogP contribution in [0.1, 0.15) is 76.6 Å². The van der Waals surface area contributed by atoms with Gasteiger partial charge < -0.3 is 43.4 Å². The van der Waals surface area contributed by atoms with E-state index in [4.69, 9.17) is 33.2 Å². The van der Waals surface area contributed by atoms with Crippen molar-refractivity contribution in [3.63, 3.8) is 0 Å². The largest absolute Gasteiger partial charge is 0.497 e. The Morgan fingerprint density at radius 2 is 1.59 bits per heavy atom. The van der Waals surface area contributed by atoms with Gasteiger partial charge in [-0.25, -0.2) is 4.79 Å². The van der Waals surface area contributed by atoms with E-state index in [1.807, 2.05) is 19.1 Å². The number of hydrogen-bond acceptors (Lipinski definition) is 12. The first-order chi connectivity index (χ1) is 24.1. The van der Waals surface area contributed by atoms with Crippen molar-refractivity contribution in [3.8, 4) is 5.75 Å². The van der Waals surface area contributed by atoms with Crippen LogP contribution in [0.4, 0.5) is 0 Å². The van der Waals surface area contributed by atoms with Crippen LogP contribution in [0, 0.1) is 16.7 Å². The first-order valence-corrected chi connectivity index (χ1v) is 17.4. The molecule has 51 heavy (non-hydrogen) atoms. The van der Waals surface area contributed by atoms with Crippen LogP contribution < -0.4 is 4.74 Å². The Kier molecular flexibility index (Phi) is 8.66. The molecule has 2 bridgehead atoms. The van der Waals surface area contributed by atoms with E-state index in [1.165, 1.54) is 13.8 Å². The Balaban J connectivity index is 1.51. The molecule has 4 fully saturated rings. The van der Waals surface area contributed by atoms with Gasteiger partial charge in [-0.1, -0.05) is 51.1 Å². The maximum Gasteiger partial charge on any atom is 0.338 e. The second-order valence-electron chi connectivity index (χ2n) is 15.3. The quantitative estimate of drug-likeness (QED) is 0.251. The van der Waals surface area contributed by atoms with E-state index in [9.17, 15) is 24.6 Å². The Labute approximate surface area is 296 Å². The highest BCUT2D eigenvalue weighted by molar-refractivity contribution is 5.89. The Morgan fingerprint density at radius 3 is 2.18 bits per heavy atom. The number of methoxy groups -OCH3 is 1. The minimum absolute atomic E-state index is 0.0583. The van der Waals surface area contributed by atoms with Gasteiger partial charge >= 0.3 is 17.9 Å². The van der Waals surface area contributed by atoms with Crippen molar-refractivity contribution in [2.24, 2.45) is 16.7 Å². The van der Waals surface area contributed by atoms with Gasteiger partial charge in [0.25, 0.3) is 0 Å². The lowest BCUT2D eigenvalue weighted by molar-refractivity contribution is -0.413. The molecule has 5 aliphatic rings. The molecule has 3 aliphatic carbocycles. The molecular formula is C39H46O12. The standard InChI is InChI=1S/C39H46O12/c1-20-26(42)18-39(44)33(49-34(43)23-11-9-8-10-12-23)31-37(6)27(17-28-38(31,19-46-28)51-22(3)41)48-35(24-13-15-25(45-7)16-14-24)50-32(37)30(47-21(2)40)29(20)36(39,4)5/h8-16,26-28,30-33,35,42,44H,17-19H2,1-7H3/t26-,27-,28+,30-,31-,32-,33-,35+,37+,38-,39+/m0/s1. The Morgan fingerprint density at radius 1 is 0.902 bits per heavy atom. The maximum absolute atomic E-state index is 14.1. The van der Waals surface area contributed by atoms with E-state index in [-0.39, 0.29) is 25.0 Å². The molecule has 2 aromatic rings. The molecule has 2 heterocycles. The third kappa shape index (κ3) is 5.24. The lowest BCUT2D eigenvalue weighted by Crippen LogP contribution is -2.83. The number of aliphatic hydroxyl groups is 2. The van der Waals surface area contributed by atoms with Crippen LogP contribution >= 0.6 is 0 Å². The summed E-state index contributed by atoms with van der Waals surface area (Å²) in [4.78, 5) is 40.2. The van der Waals surface area contributed by atoms with Crippen molar-refractivity contribution in [1.82, 2.24) is 0 Å². The summed E-state index contributed by atoms with van der Waals surface area (Å²) in [6, 6.07) is 15.6. The van der Waals surface area contributed by atoms with Crippen LogP contribution in [0.15, 0.2) is 65.7 Å². The van der Waals surface area contributed by atoms with Crippen molar-refractivity contribution in [3.05, 3.63) is 76.9 Å². The third-order valence-corrected chi connectivity index (χ3v) is 12.3. The molecule has 274 valence electrons. The van der Waals surface area contributed by atoms with E-state index >= 15 is 0 Å². The highest BCUT2D eigenvalue weighted by Gasteiger charge is 2.79. The van der Waals surface area contributed by atoms with E-state index in [1.54, 1.807) is 70.3 Å². The summed E-state index contributed by atoms with van der Waals surface area (Å²) in [7, 11) is 1.57. The van der Waals surface area contributed by atoms with Gasteiger partial charge in [0, 0.05) is 43.1 Å². The van der Waals surface area contributed by atoms with E-state index in [0.717, 1.165) is 0 Å². The summed E-state index contributed by atoms with van der Waals surface area (Å²) in [6.45, 7) is 9.75. The van der Waals surface area contributed by atoms with E-state index < -0.39 is 88.8 Å². The lowest BCUT2D eigenvalue weighted by Gasteiger charge is -2.71. The van der Waals surface area contributed by atoms with E-state index in [2.05, 4.69) is 0 Å². The van der Waals surface area contributed by atoms with Crippen molar-refractivity contribution in [2.75, 3.05) is 13.7 Å². The average molecular weight is 707 g/mol. The highest BCUT2D eigenvalue weighted by atomic mass is 16.7. The molecule has 2 saturated heterocycles. The second-order valence-corrected chi connectivity index (χ2v) is 15.3. The van der Waals surface area contributed by atoms with Crippen LogP contribution in [-0.2, 0) is 38.0 Å². The number of fused-ring (bicyclic) bond motifs is 4. The molecular weight excluding hydrogens is 660 g/mol. The van der Waals surface area contributed by atoms with Crippen LogP contribution in [-0.4, -0.2) is 89.7 Å². The number of aliphatic hydroxyl groups excluding tert-OH is 1. The number of hydrogen-bond donors (Lipinski definition) is 2. The molecule has 2 aromatic carbocycles. The molecule has 2 saturated carbocycles. The summed E-state index contributed by atoms with van der Waals surface area (Å²) >= 11 is 0. The van der Waals surface area contributed by atoms with Gasteiger partial charge in [-0.15, -0.1) is 0 Å². The number of ether oxygens (including phenoxy) is 7. The topological polar surface area (TPSA) is 156 Å². The number of esters is 3. The molecule has 0 spiro atoms. The first-order valence-electron chi connectivity index (χ1n) is 17.4. The number of rotatable bonds is 6. The molecule has 7 rings (SSSR count). The van der Waals surface area contributed by atoms with Gasteiger partial charge in [0.05, 0.1) is 37.4 Å². The summed E-state index contributed by atoms with van der Waals surface area (Å²) in [5, 5.41) is 25.1. The third-order valence-electron chi connectivity index (χ3n) is 12.3. The fraction of sp³-hybridized carbons (Fsp3) is 0.564. The summed E-state index contributed by atoms with van der Waals surface area (Å²) < 4.78 is 44.4. The lowest BCUT2D eigenvalue weighted by atomic mass is 9.44. The predicted octanol–water partition coefficient (Wildman–Crippen LogP) is 4.21. The number of benzene rings is 2. The molecule has 0 unspecified atom stereocenters. The minimum Gasteiger partial charge on any atom is -0.497 e. The molecule has 0 radical (unpaired) electrons. The van der Waals surface area contributed by atoms with Gasteiger partial charge in [-0.05, 0) is 42.3 Å². The molecule has 11 atom stereocenters. The first kappa shape index (κ1) is 35.6. The fourth-order valence-corrected chi connectivity index (χ4v) is 9.76. The number of carbonyl (C=O) groups is 3. The van der Waals surface area contributed by atoms with Crippen LogP contribution in [0.25, 0.3) is 0 Å². The van der Waals surface area contributed by atoms with Gasteiger partial charge in [0.1, 0.15) is 29.7 Å². The minimum atomic E-state index is -2.00. The zero-order valence-corrected chi connectivity index (χ0v) is 29.9. The molecule has 0 amide bonds. The van der Waals surface area contributed by atoms with Crippen LogP contribution in [0.5, 0.6) is 5.75 Å². The van der Waals surface area contributed by atoms with Crippen molar-refractivity contribution >= 4 is 17.9 Å². The molecule has 2 aliphatic heterocycles. The Hall–Kier alpha value is -3.81. The van der Waals surface area contributed by atoms with Gasteiger partial charge in [-0.3, -0.25) is 9.59 Å². The summed E-state index contributed by atoms with van der Waals surface area (Å²) in [5.74, 6) is -2.31. The highest BCUT2D eigenvalue weighted by Crippen LogP contribution is 2.67. The second kappa shape index (κ2) is 12.4. The monoisotopic (exact) mass is 706 g/mol. The van der Waals surface area contributed by atoms with E-state index in [0.29, 0.717) is 22.5 Å². The van der Waals surface area contributed by atoms with Crippen molar-refractivity contribution in [1.29, 1.82) is 0 Å². The maximum atomic E-state index is 14.1. The van der Waals surface area contributed by atoms with Gasteiger partial charge in [0.15, 0.2) is 18.0 Å². The van der Waals surface area contributed by atoms with Crippen molar-refractivity contribution < 1.29 is 57.8 Å². The van der Waals surface area contributed by atoms with Crippen LogP contribution in [0.3, 0.4) is 0 Å². The molecule has 0 aromatic heterocycles.